The average molecular weight is 1340 g/mol. The molecule has 8 fully saturated rings. The van der Waals surface area contributed by atoms with Gasteiger partial charge in [0.1, 0.15) is 42.0 Å². The molecule has 0 radical (unpaired) electrons. The predicted molar refractivity (Wildman–Crippen MR) is 360 cm³/mol. The first kappa shape index (κ1) is 73.7. The van der Waals surface area contributed by atoms with E-state index in [0.29, 0.717) is 55.6 Å². The number of fused-ring (bicyclic) bond motifs is 9. The number of methoxy groups -OCH3 is 2. The maximum Gasteiger partial charge on any atom is 0.316 e. The molecule has 4 saturated carbocycles. The van der Waals surface area contributed by atoms with Gasteiger partial charge in [0.05, 0.1) is 60.9 Å². The van der Waals surface area contributed by atoms with Crippen molar-refractivity contribution < 1.29 is 87.3 Å². The number of ether oxygens (including phenoxy) is 10. The van der Waals surface area contributed by atoms with Crippen LogP contribution in [0.3, 0.4) is 0 Å². The Morgan fingerprint density at radius 1 is 0.781 bits per heavy atom. The fourth-order valence-corrected chi connectivity index (χ4v) is 20.9. The number of esters is 1. The summed E-state index contributed by atoms with van der Waals surface area (Å²) in [6.07, 6.45) is 18.5. The van der Waals surface area contributed by atoms with Gasteiger partial charge in [0, 0.05) is 57.7 Å². The van der Waals surface area contributed by atoms with E-state index in [-0.39, 0.29) is 93.5 Å². The molecule has 6 aliphatic carbocycles. The third-order valence-corrected chi connectivity index (χ3v) is 27.6. The zero-order valence-corrected chi connectivity index (χ0v) is 60.7. The van der Waals surface area contributed by atoms with Crippen molar-refractivity contribution in [3.63, 3.8) is 0 Å². The molecule has 18 heteroatoms. The molecule has 29 atom stereocenters. The summed E-state index contributed by atoms with van der Waals surface area (Å²) >= 11 is 0. The molecular weight excluding hydrogens is 1220 g/mol. The molecule has 2 bridgehead atoms. The minimum Gasteiger partial charge on any atom is -0.481 e. The molecule has 0 aromatic rings. The number of aliphatic carboxylic acids is 1. The molecule has 18 nitrogen and oxygen atoms in total. The Morgan fingerprint density at radius 2 is 1.47 bits per heavy atom. The molecule has 538 valence electrons. The number of carboxylic acid groups (broad SMARTS) is 1. The van der Waals surface area contributed by atoms with E-state index < -0.39 is 102 Å². The highest BCUT2D eigenvalue weighted by Crippen LogP contribution is 2.75. The van der Waals surface area contributed by atoms with Crippen molar-refractivity contribution in [1.82, 2.24) is 0 Å². The zero-order valence-electron chi connectivity index (χ0n) is 60.7. The van der Waals surface area contributed by atoms with E-state index in [1.165, 1.54) is 5.57 Å². The zero-order chi connectivity index (χ0) is 69.8. The van der Waals surface area contributed by atoms with E-state index in [4.69, 9.17) is 47.4 Å². The minimum absolute atomic E-state index is 0.0296. The maximum absolute atomic E-state index is 14.3. The molecule has 6 aliphatic heterocycles. The van der Waals surface area contributed by atoms with Crippen LogP contribution in [-0.2, 0) is 61.8 Å². The van der Waals surface area contributed by atoms with Gasteiger partial charge in [0.2, 0.25) is 0 Å². The van der Waals surface area contributed by atoms with Crippen molar-refractivity contribution in [1.29, 1.82) is 0 Å². The lowest BCUT2D eigenvalue weighted by molar-refractivity contribution is -0.318. The van der Waals surface area contributed by atoms with Crippen molar-refractivity contribution in [2.75, 3.05) is 20.8 Å². The average Bonchev–Trinajstić information content (AvgIpc) is 0.762. The van der Waals surface area contributed by atoms with Crippen LogP contribution in [0.5, 0.6) is 0 Å². The van der Waals surface area contributed by atoms with Crippen LogP contribution in [-0.4, -0.2) is 167 Å². The van der Waals surface area contributed by atoms with Gasteiger partial charge < -0.3 is 72.9 Å². The lowest BCUT2D eigenvalue weighted by atomic mass is 9.33. The number of rotatable bonds is 9. The molecule has 1 spiro atoms. The van der Waals surface area contributed by atoms with Crippen LogP contribution in [0.15, 0.2) is 70.9 Å². The lowest BCUT2D eigenvalue weighted by Crippen LogP contribution is -2.66. The third kappa shape index (κ3) is 12.9. The van der Waals surface area contributed by atoms with Crippen molar-refractivity contribution >= 4 is 17.7 Å². The molecule has 12 rings (SSSR count). The Labute approximate surface area is 571 Å². The molecule has 0 amide bonds. The number of carbonyl (C=O) groups is 3. The molecule has 96 heavy (non-hydrogen) atoms. The van der Waals surface area contributed by atoms with Crippen LogP contribution < -0.4 is 0 Å². The summed E-state index contributed by atoms with van der Waals surface area (Å²) in [4.78, 5) is 40.8. The van der Waals surface area contributed by atoms with Crippen molar-refractivity contribution in [3.05, 3.63) is 70.9 Å². The van der Waals surface area contributed by atoms with Gasteiger partial charge in [-0.1, -0.05) is 118 Å². The number of carboxylic acids is 1. The third-order valence-electron chi connectivity index (χ3n) is 27.6. The summed E-state index contributed by atoms with van der Waals surface area (Å²) in [6, 6.07) is 0. The maximum atomic E-state index is 14.3. The van der Waals surface area contributed by atoms with Crippen LogP contribution in [0.25, 0.3) is 0 Å². The number of ketones is 1. The standard InChI is InChI=1S/C48H72O14.C30H46O4/c1-11-25(2)43-28(5)17-18-47(62-43)23-34-20-33(61-47)16-15-27(4)42(26(3)13-12-14-32-24-55-45-40(49)29(6)19-35(46(51)58-34)48(32,45)52)59-39-22-37(54-10)44(31(8)57-39)60-38-21-36(53-9)41(50)30(7)56-38;1-25(2)21-8-11-30(7)23(28(21,5)10-9-22(25)32)20(31)16-18-19-17-27(4,24(33)34)13-12-26(19,3)14-15-29(18,30)6/h12-15,17-19,25-26,28,30-31,33-45,49-50,52H,11,16,20-24H2,1-10H3;16,19,21-23,32H,8-15,17H2,1-7H3,(H,33,34). The molecule has 5 N–H and O–H groups in total. The van der Waals surface area contributed by atoms with Gasteiger partial charge >= 0.3 is 11.9 Å². The molecule has 0 aromatic heterocycles. The molecule has 12 aliphatic rings. The van der Waals surface area contributed by atoms with Gasteiger partial charge in [-0.3, -0.25) is 14.4 Å². The topological polar surface area (TPSA) is 245 Å². The Morgan fingerprint density at radius 3 is 2.17 bits per heavy atom. The summed E-state index contributed by atoms with van der Waals surface area (Å²) < 4.78 is 63.7. The van der Waals surface area contributed by atoms with Crippen LogP contribution in [0.1, 0.15) is 200 Å². The SMILES string of the molecule is CC1(C(=O)O)CCC2(C)CCC3(C)C(=CC(=O)C4C5(C)CCC(O)C(C)(C)C5CCC43C)C2C1.CCC(C)C1OC2(C=CC1C)CC1CC(CC=C(C)C(OC3CC(OC)C(OC4CC(OC)C(O)C(C)O4)C(C)O3)C(C)C=CC=C3COC4C(O)C(C)=CC(C(=O)O1)C34O)O2. The minimum atomic E-state index is -1.84. The summed E-state index contributed by atoms with van der Waals surface area (Å²) in [6.45, 7) is 31.9. The largest absolute Gasteiger partial charge is 0.481 e. The van der Waals surface area contributed by atoms with E-state index in [1.807, 2.05) is 45.1 Å². The van der Waals surface area contributed by atoms with Gasteiger partial charge in [-0.15, -0.1) is 0 Å². The summed E-state index contributed by atoms with van der Waals surface area (Å²) in [7, 11) is 3.22. The number of aliphatic hydroxyl groups is 4. The highest BCUT2D eigenvalue weighted by atomic mass is 16.7. The molecule has 0 aromatic carbocycles. The predicted octanol–water partition coefficient (Wildman–Crippen LogP) is 11.8. The Kier molecular flexibility index (Phi) is 21.0. The van der Waals surface area contributed by atoms with Gasteiger partial charge in [-0.05, 0) is 173 Å². The Bertz CT molecular complexity index is 3080. The van der Waals surface area contributed by atoms with Crippen LogP contribution in [0, 0.1) is 73.9 Å². The number of hydrogen-bond donors (Lipinski definition) is 5. The van der Waals surface area contributed by atoms with Gasteiger partial charge in [0.25, 0.3) is 0 Å². The smallest absolute Gasteiger partial charge is 0.316 e. The molecular formula is C78H118O18. The number of hydrogen-bond acceptors (Lipinski definition) is 17. The summed E-state index contributed by atoms with van der Waals surface area (Å²) in [5.41, 5.74) is 0.275. The second-order valence-electron chi connectivity index (χ2n) is 33.9. The first-order valence-electron chi connectivity index (χ1n) is 36.6. The van der Waals surface area contributed by atoms with Crippen molar-refractivity contribution in [3.8, 4) is 0 Å². The molecule has 4 saturated heterocycles. The summed E-state index contributed by atoms with van der Waals surface area (Å²) in [5.74, 6) is -2.50. The van der Waals surface area contributed by atoms with Crippen molar-refractivity contribution in [2.24, 2.45) is 73.9 Å². The highest BCUT2D eigenvalue weighted by Gasteiger charge is 2.71. The summed E-state index contributed by atoms with van der Waals surface area (Å²) in [5, 5.41) is 55.1. The molecule has 6 heterocycles. The van der Waals surface area contributed by atoms with E-state index in [0.717, 1.165) is 63.4 Å². The Hall–Kier alpha value is -3.47. The van der Waals surface area contributed by atoms with E-state index in [9.17, 15) is 39.9 Å². The monoisotopic (exact) mass is 1340 g/mol. The fourth-order valence-electron chi connectivity index (χ4n) is 20.9. The fraction of sp³-hybridized carbons (Fsp3) is 0.808. The Balaban J connectivity index is 0.000000231. The van der Waals surface area contributed by atoms with E-state index in [1.54, 1.807) is 40.2 Å². The second-order valence-corrected chi connectivity index (χ2v) is 33.9. The van der Waals surface area contributed by atoms with Gasteiger partial charge in [0.15, 0.2) is 24.2 Å². The quantitative estimate of drug-likeness (QED) is 0.106. The number of carbonyl (C=O) groups excluding carboxylic acids is 2. The molecule has 29 unspecified atom stereocenters. The van der Waals surface area contributed by atoms with Crippen LogP contribution in [0.4, 0.5) is 0 Å². The van der Waals surface area contributed by atoms with Gasteiger partial charge in [-0.2, -0.15) is 0 Å². The first-order chi connectivity index (χ1) is 45.0. The highest BCUT2D eigenvalue weighted by molar-refractivity contribution is 5.95. The van der Waals surface area contributed by atoms with Crippen molar-refractivity contribution in [2.45, 2.75) is 303 Å². The first-order valence-corrected chi connectivity index (χ1v) is 36.6. The number of allylic oxidation sites excluding steroid dienone is 4. The second kappa shape index (κ2) is 27.4. The van der Waals surface area contributed by atoms with E-state index in [2.05, 4.69) is 81.4 Å². The van der Waals surface area contributed by atoms with E-state index >= 15 is 0 Å². The number of aliphatic hydroxyl groups excluding tert-OH is 3. The van der Waals surface area contributed by atoms with Gasteiger partial charge in [-0.25, -0.2) is 0 Å². The van der Waals surface area contributed by atoms with Crippen LogP contribution >= 0.6 is 0 Å². The normalized spacial score (nSPS) is 49.5. The lowest BCUT2D eigenvalue weighted by Gasteiger charge is -2.70. The van der Waals surface area contributed by atoms with Crippen LogP contribution in [0.2, 0.25) is 0 Å².